The fourth-order valence-corrected chi connectivity index (χ4v) is 2.77. The Kier molecular flexibility index (Phi) is 4.90. The molecular formula is C13H15BrF4N2. The number of hydrogen-bond acceptors (Lipinski definition) is 2. The molecular weight excluding hydrogens is 340 g/mol. The minimum atomic E-state index is -4.51. The minimum Gasteiger partial charge on any atom is -0.367 e. The van der Waals surface area contributed by atoms with E-state index in [2.05, 4.69) is 20.8 Å². The molecule has 0 N–H and O–H groups in total. The van der Waals surface area contributed by atoms with E-state index < -0.39 is 17.6 Å². The van der Waals surface area contributed by atoms with Gasteiger partial charge in [-0.1, -0.05) is 15.9 Å². The molecule has 112 valence electrons. The fraction of sp³-hybridized carbons (Fsp3) is 0.538. The lowest BCUT2D eigenvalue weighted by Gasteiger charge is -2.36. The second-order valence-electron chi connectivity index (χ2n) is 4.68. The summed E-state index contributed by atoms with van der Waals surface area (Å²) in [7, 11) is 0. The second kappa shape index (κ2) is 6.30. The van der Waals surface area contributed by atoms with Crippen molar-refractivity contribution >= 4 is 21.6 Å². The Morgan fingerprint density at radius 1 is 1.10 bits per heavy atom. The summed E-state index contributed by atoms with van der Waals surface area (Å²) in [5, 5.41) is 0.877. The zero-order valence-corrected chi connectivity index (χ0v) is 12.3. The molecule has 1 aliphatic heterocycles. The molecule has 1 aromatic carbocycles. The third-order valence-corrected chi connectivity index (χ3v) is 3.74. The smallest absolute Gasteiger partial charge is 0.367 e. The van der Waals surface area contributed by atoms with Crippen LogP contribution in [0.3, 0.4) is 0 Å². The van der Waals surface area contributed by atoms with Crippen molar-refractivity contribution in [2.45, 2.75) is 6.18 Å². The molecule has 1 heterocycles. The van der Waals surface area contributed by atoms with Crippen LogP contribution in [-0.4, -0.2) is 43.0 Å². The van der Waals surface area contributed by atoms with Gasteiger partial charge in [0.05, 0.1) is 11.3 Å². The number of piperazine rings is 1. The summed E-state index contributed by atoms with van der Waals surface area (Å²) in [5.74, 6) is -0.811. The van der Waals surface area contributed by atoms with Gasteiger partial charge in [0.25, 0.3) is 0 Å². The molecule has 0 amide bonds. The van der Waals surface area contributed by atoms with Crippen molar-refractivity contribution in [2.75, 3.05) is 43.0 Å². The molecule has 0 unspecified atom stereocenters. The van der Waals surface area contributed by atoms with Crippen LogP contribution in [0.25, 0.3) is 0 Å². The van der Waals surface area contributed by atoms with Crippen LogP contribution in [0.15, 0.2) is 18.2 Å². The van der Waals surface area contributed by atoms with E-state index in [0.717, 1.165) is 31.0 Å². The monoisotopic (exact) mass is 354 g/mol. The van der Waals surface area contributed by atoms with Gasteiger partial charge in [-0.05, 0) is 18.2 Å². The molecule has 0 aromatic heterocycles. The molecule has 7 heteroatoms. The Morgan fingerprint density at radius 3 is 2.25 bits per heavy atom. The number of hydrogen-bond donors (Lipinski definition) is 0. The van der Waals surface area contributed by atoms with Crippen molar-refractivity contribution in [3.05, 3.63) is 29.6 Å². The van der Waals surface area contributed by atoms with Crippen LogP contribution in [0.1, 0.15) is 5.56 Å². The highest BCUT2D eigenvalue weighted by molar-refractivity contribution is 9.09. The summed E-state index contributed by atoms with van der Waals surface area (Å²) >= 11 is 3.36. The average Bonchev–Trinajstić information content (AvgIpc) is 2.39. The summed E-state index contributed by atoms with van der Waals surface area (Å²) in [6.45, 7) is 3.73. The molecule has 2 nitrogen and oxygen atoms in total. The van der Waals surface area contributed by atoms with E-state index in [9.17, 15) is 17.6 Å². The molecule has 0 radical (unpaired) electrons. The second-order valence-corrected chi connectivity index (χ2v) is 5.47. The van der Waals surface area contributed by atoms with Crippen molar-refractivity contribution in [1.82, 2.24) is 4.90 Å². The Hall–Kier alpha value is -0.820. The first-order valence-electron chi connectivity index (χ1n) is 6.32. The number of anilines is 1. The average molecular weight is 355 g/mol. The van der Waals surface area contributed by atoms with E-state index in [1.54, 1.807) is 4.90 Å². The Balaban J connectivity index is 2.07. The first-order valence-corrected chi connectivity index (χ1v) is 7.44. The number of rotatable bonds is 3. The Labute approximate surface area is 123 Å². The van der Waals surface area contributed by atoms with E-state index in [4.69, 9.17) is 0 Å². The third kappa shape index (κ3) is 3.63. The zero-order valence-electron chi connectivity index (χ0n) is 10.8. The predicted octanol–water partition coefficient (Wildman–Crippen LogP) is 3.36. The van der Waals surface area contributed by atoms with E-state index in [-0.39, 0.29) is 5.69 Å². The van der Waals surface area contributed by atoms with E-state index >= 15 is 0 Å². The highest BCUT2D eigenvalue weighted by atomic mass is 79.9. The van der Waals surface area contributed by atoms with E-state index in [1.807, 2.05) is 0 Å². The maximum atomic E-state index is 13.8. The van der Waals surface area contributed by atoms with E-state index in [0.29, 0.717) is 19.2 Å². The number of halogens is 5. The van der Waals surface area contributed by atoms with Crippen LogP contribution in [-0.2, 0) is 6.18 Å². The molecule has 0 atom stereocenters. The largest absolute Gasteiger partial charge is 0.416 e. The lowest BCUT2D eigenvalue weighted by atomic mass is 10.1. The standard InChI is InChI=1S/C13H15BrF4N2/c14-3-4-19-5-7-20(8-6-19)12-2-1-10(9-11(12)15)13(16,17)18/h1-2,9H,3-8H2. The topological polar surface area (TPSA) is 6.48 Å². The number of nitrogens with zero attached hydrogens (tertiary/aromatic N) is 2. The van der Waals surface area contributed by atoms with Crippen molar-refractivity contribution in [3.63, 3.8) is 0 Å². The Bertz CT molecular complexity index is 456. The van der Waals surface area contributed by atoms with Gasteiger partial charge in [0, 0.05) is 38.1 Å². The zero-order chi connectivity index (χ0) is 14.8. The molecule has 0 aliphatic carbocycles. The van der Waals surface area contributed by atoms with Crippen LogP contribution in [0.4, 0.5) is 23.2 Å². The lowest BCUT2D eigenvalue weighted by Crippen LogP contribution is -2.47. The van der Waals surface area contributed by atoms with Gasteiger partial charge < -0.3 is 4.90 Å². The van der Waals surface area contributed by atoms with Gasteiger partial charge >= 0.3 is 6.18 Å². The van der Waals surface area contributed by atoms with E-state index in [1.165, 1.54) is 6.07 Å². The summed E-state index contributed by atoms with van der Waals surface area (Å²) in [6, 6.07) is 2.72. The van der Waals surface area contributed by atoms with Gasteiger partial charge in [-0.15, -0.1) is 0 Å². The highest BCUT2D eigenvalue weighted by Gasteiger charge is 2.31. The molecule has 1 aromatic rings. The Morgan fingerprint density at radius 2 is 1.75 bits per heavy atom. The van der Waals surface area contributed by atoms with Crippen LogP contribution >= 0.6 is 15.9 Å². The van der Waals surface area contributed by atoms with Crippen LogP contribution < -0.4 is 4.90 Å². The SMILES string of the molecule is Fc1cc(C(F)(F)F)ccc1N1CCN(CCBr)CC1. The van der Waals surface area contributed by atoms with Crippen LogP contribution in [0.5, 0.6) is 0 Å². The molecule has 0 spiro atoms. The highest BCUT2D eigenvalue weighted by Crippen LogP contribution is 2.32. The number of benzene rings is 1. The van der Waals surface area contributed by atoms with Gasteiger partial charge in [0.2, 0.25) is 0 Å². The predicted molar refractivity (Wildman–Crippen MR) is 73.8 cm³/mol. The molecule has 1 saturated heterocycles. The van der Waals surface area contributed by atoms with Crippen LogP contribution in [0, 0.1) is 5.82 Å². The third-order valence-electron chi connectivity index (χ3n) is 3.39. The van der Waals surface area contributed by atoms with Gasteiger partial charge in [-0.2, -0.15) is 13.2 Å². The van der Waals surface area contributed by atoms with Crippen LogP contribution in [0.2, 0.25) is 0 Å². The first kappa shape index (κ1) is 15.6. The first-order chi connectivity index (χ1) is 9.41. The van der Waals surface area contributed by atoms with Gasteiger partial charge in [0.15, 0.2) is 0 Å². The van der Waals surface area contributed by atoms with Crippen molar-refractivity contribution < 1.29 is 17.6 Å². The maximum absolute atomic E-state index is 13.8. The van der Waals surface area contributed by atoms with Gasteiger partial charge in [-0.3, -0.25) is 4.90 Å². The van der Waals surface area contributed by atoms with Crippen molar-refractivity contribution in [2.24, 2.45) is 0 Å². The summed E-state index contributed by atoms with van der Waals surface area (Å²) < 4.78 is 51.3. The molecule has 20 heavy (non-hydrogen) atoms. The van der Waals surface area contributed by atoms with Gasteiger partial charge in [0.1, 0.15) is 5.82 Å². The summed E-state index contributed by atoms with van der Waals surface area (Å²) in [6.07, 6.45) is -4.51. The fourth-order valence-electron chi connectivity index (χ4n) is 2.27. The van der Waals surface area contributed by atoms with Gasteiger partial charge in [-0.25, -0.2) is 4.39 Å². The van der Waals surface area contributed by atoms with Crippen molar-refractivity contribution in [3.8, 4) is 0 Å². The normalized spacial score (nSPS) is 17.6. The number of alkyl halides is 4. The molecule has 2 rings (SSSR count). The van der Waals surface area contributed by atoms with Crippen molar-refractivity contribution in [1.29, 1.82) is 0 Å². The molecule has 0 bridgehead atoms. The quantitative estimate of drug-likeness (QED) is 0.606. The molecule has 1 aliphatic rings. The summed E-state index contributed by atoms with van der Waals surface area (Å²) in [4.78, 5) is 4.02. The maximum Gasteiger partial charge on any atom is 0.416 e. The summed E-state index contributed by atoms with van der Waals surface area (Å²) in [5.41, 5.74) is -0.701. The lowest BCUT2D eigenvalue weighted by molar-refractivity contribution is -0.137. The molecule has 1 fully saturated rings. The minimum absolute atomic E-state index is 0.247. The molecule has 0 saturated carbocycles.